The van der Waals surface area contributed by atoms with E-state index in [1.807, 2.05) is 47.0 Å². The summed E-state index contributed by atoms with van der Waals surface area (Å²) in [6, 6.07) is 14.1. The molecule has 4 nitrogen and oxygen atoms in total. The Morgan fingerprint density at radius 3 is 2.86 bits per heavy atom. The van der Waals surface area contributed by atoms with Crippen LogP contribution in [0.2, 0.25) is 0 Å². The molecule has 4 rings (SSSR count). The number of pyridine rings is 1. The van der Waals surface area contributed by atoms with Crippen LogP contribution in [0.4, 0.5) is 0 Å². The molecule has 3 heterocycles. The number of hydrogen-bond donors (Lipinski definition) is 0. The fourth-order valence-electron chi connectivity index (χ4n) is 2.29. The Morgan fingerprint density at radius 2 is 1.90 bits per heavy atom. The van der Waals surface area contributed by atoms with Crippen molar-refractivity contribution >= 4 is 28.3 Å². The molecule has 0 aliphatic heterocycles. The Bertz CT molecular complexity index is 878. The van der Waals surface area contributed by atoms with Gasteiger partial charge in [-0.15, -0.1) is 0 Å². The van der Waals surface area contributed by atoms with E-state index in [1.54, 1.807) is 18.1 Å². The van der Waals surface area contributed by atoms with E-state index in [0.717, 1.165) is 33.0 Å². The molecule has 21 heavy (non-hydrogen) atoms. The molecule has 0 saturated carbocycles. The van der Waals surface area contributed by atoms with Gasteiger partial charge in [-0.3, -0.25) is 0 Å². The zero-order valence-corrected chi connectivity index (χ0v) is 12.0. The van der Waals surface area contributed by atoms with E-state index in [2.05, 4.69) is 27.2 Å². The fourth-order valence-corrected chi connectivity index (χ4v) is 3.17. The van der Waals surface area contributed by atoms with Crippen molar-refractivity contribution in [3.8, 4) is 0 Å². The molecule has 1 aromatic carbocycles. The van der Waals surface area contributed by atoms with Gasteiger partial charge in [0.1, 0.15) is 17.0 Å². The first-order valence-corrected chi connectivity index (χ1v) is 7.64. The molecule has 0 fully saturated rings. The molecule has 0 amide bonds. The number of imidazole rings is 1. The van der Waals surface area contributed by atoms with Gasteiger partial charge in [0.15, 0.2) is 0 Å². The highest BCUT2D eigenvalue weighted by molar-refractivity contribution is 7.98. The maximum absolute atomic E-state index is 4.61. The number of nitrogens with zero attached hydrogens (tertiary/aromatic N) is 4. The molecular weight excluding hydrogens is 280 g/mol. The van der Waals surface area contributed by atoms with Crippen molar-refractivity contribution in [1.82, 2.24) is 19.4 Å². The Labute approximate surface area is 125 Å². The first-order chi connectivity index (χ1) is 10.4. The van der Waals surface area contributed by atoms with E-state index in [1.165, 1.54) is 0 Å². The zero-order chi connectivity index (χ0) is 14.1. The van der Waals surface area contributed by atoms with Crippen LogP contribution in [0.5, 0.6) is 0 Å². The maximum Gasteiger partial charge on any atom is 0.137 e. The van der Waals surface area contributed by atoms with Crippen LogP contribution < -0.4 is 0 Å². The average Bonchev–Trinajstić information content (AvgIpc) is 2.96. The van der Waals surface area contributed by atoms with Crippen LogP contribution in [-0.2, 0) is 5.75 Å². The van der Waals surface area contributed by atoms with Crippen LogP contribution in [0.1, 0.15) is 5.69 Å². The van der Waals surface area contributed by atoms with E-state index in [0.29, 0.717) is 0 Å². The molecule has 0 unspecified atom stereocenters. The molecule has 5 heteroatoms. The van der Waals surface area contributed by atoms with Gasteiger partial charge in [0.2, 0.25) is 0 Å². The topological polar surface area (TPSA) is 43.1 Å². The van der Waals surface area contributed by atoms with Gasteiger partial charge in [-0.1, -0.05) is 36.0 Å². The van der Waals surface area contributed by atoms with Gasteiger partial charge in [-0.05, 0) is 18.2 Å². The van der Waals surface area contributed by atoms with E-state index in [4.69, 9.17) is 0 Å². The molecule has 3 aromatic heterocycles. The van der Waals surface area contributed by atoms with Gasteiger partial charge >= 0.3 is 0 Å². The number of benzene rings is 1. The second kappa shape index (κ2) is 5.18. The lowest BCUT2D eigenvalue weighted by molar-refractivity contribution is 1.10. The molecule has 0 aliphatic rings. The Balaban J connectivity index is 1.63. The van der Waals surface area contributed by atoms with Crippen LogP contribution in [0, 0.1) is 0 Å². The Morgan fingerprint density at radius 1 is 1.00 bits per heavy atom. The lowest BCUT2D eigenvalue weighted by atomic mass is 10.2. The summed E-state index contributed by atoms with van der Waals surface area (Å²) < 4.78 is 2.04. The predicted molar refractivity (Wildman–Crippen MR) is 84.3 cm³/mol. The second-order valence-electron chi connectivity index (χ2n) is 4.68. The highest BCUT2D eigenvalue weighted by atomic mass is 32.2. The number of rotatable bonds is 3. The zero-order valence-electron chi connectivity index (χ0n) is 11.2. The first-order valence-electron chi connectivity index (χ1n) is 6.65. The number of para-hydroxylation sites is 1. The highest BCUT2D eigenvalue weighted by Gasteiger charge is 2.06. The lowest BCUT2D eigenvalue weighted by Gasteiger charge is -2.02. The molecule has 0 radical (unpaired) electrons. The van der Waals surface area contributed by atoms with E-state index in [9.17, 15) is 0 Å². The quantitative estimate of drug-likeness (QED) is 0.428. The van der Waals surface area contributed by atoms with Crippen LogP contribution in [0.25, 0.3) is 16.6 Å². The first kappa shape index (κ1) is 12.3. The third-order valence-electron chi connectivity index (χ3n) is 3.28. The summed E-state index contributed by atoms with van der Waals surface area (Å²) in [4.78, 5) is 13.3. The smallest absolute Gasteiger partial charge is 0.137 e. The van der Waals surface area contributed by atoms with Crippen molar-refractivity contribution in [3.63, 3.8) is 0 Å². The summed E-state index contributed by atoms with van der Waals surface area (Å²) in [5.41, 5.74) is 3.00. The van der Waals surface area contributed by atoms with Gasteiger partial charge in [0, 0.05) is 23.5 Å². The molecule has 4 aromatic rings. The minimum absolute atomic E-state index is 0.794. The van der Waals surface area contributed by atoms with Gasteiger partial charge in [0.25, 0.3) is 0 Å². The Kier molecular flexibility index (Phi) is 3.05. The number of thioether (sulfide) groups is 1. The van der Waals surface area contributed by atoms with Gasteiger partial charge in [-0.2, -0.15) is 0 Å². The molecule has 0 aliphatic carbocycles. The summed E-state index contributed by atoms with van der Waals surface area (Å²) in [6.07, 6.45) is 5.69. The van der Waals surface area contributed by atoms with E-state index >= 15 is 0 Å². The summed E-state index contributed by atoms with van der Waals surface area (Å²) in [6.45, 7) is 0. The van der Waals surface area contributed by atoms with Crippen LogP contribution >= 0.6 is 11.8 Å². The SMILES string of the molecule is c1ccc2c(SCc3cn4ccccc4n3)ncnc2c1. The van der Waals surface area contributed by atoms with E-state index in [-0.39, 0.29) is 0 Å². The third kappa shape index (κ3) is 2.36. The van der Waals surface area contributed by atoms with E-state index < -0.39 is 0 Å². The minimum atomic E-state index is 0.794. The van der Waals surface area contributed by atoms with Gasteiger partial charge in [0.05, 0.1) is 11.2 Å². The number of aromatic nitrogens is 4. The summed E-state index contributed by atoms with van der Waals surface area (Å²) >= 11 is 1.69. The number of hydrogen-bond acceptors (Lipinski definition) is 4. The summed E-state index contributed by atoms with van der Waals surface area (Å²) in [5, 5.41) is 2.09. The molecular formula is C16H12N4S. The second-order valence-corrected chi connectivity index (χ2v) is 5.65. The van der Waals surface area contributed by atoms with Crippen molar-refractivity contribution in [1.29, 1.82) is 0 Å². The van der Waals surface area contributed by atoms with Crippen molar-refractivity contribution in [2.75, 3.05) is 0 Å². The van der Waals surface area contributed by atoms with Crippen LogP contribution in [-0.4, -0.2) is 19.4 Å². The Hall–Kier alpha value is -2.40. The highest BCUT2D eigenvalue weighted by Crippen LogP contribution is 2.26. The minimum Gasteiger partial charge on any atom is -0.307 e. The van der Waals surface area contributed by atoms with Crippen molar-refractivity contribution < 1.29 is 0 Å². The monoisotopic (exact) mass is 292 g/mol. The fraction of sp³-hybridized carbons (Fsp3) is 0.0625. The van der Waals surface area contributed by atoms with Crippen molar-refractivity contribution in [3.05, 3.63) is 66.9 Å². The standard InChI is InChI=1S/C16H12N4S/c1-2-6-14-13(5-1)16(18-11-17-14)21-10-12-9-20-8-4-3-7-15(20)19-12/h1-9,11H,10H2. The van der Waals surface area contributed by atoms with Crippen LogP contribution in [0.15, 0.2) is 66.2 Å². The molecule has 0 saturated heterocycles. The predicted octanol–water partition coefficient (Wildman–Crippen LogP) is 3.57. The molecule has 0 bridgehead atoms. The summed E-state index contributed by atoms with van der Waals surface area (Å²) in [5.74, 6) is 0.794. The van der Waals surface area contributed by atoms with Crippen molar-refractivity contribution in [2.45, 2.75) is 10.8 Å². The molecule has 0 atom stereocenters. The molecule has 0 spiro atoms. The lowest BCUT2D eigenvalue weighted by Crippen LogP contribution is -1.87. The number of fused-ring (bicyclic) bond motifs is 2. The third-order valence-corrected chi connectivity index (χ3v) is 4.32. The summed E-state index contributed by atoms with van der Waals surface area (Å²) in [7, 11) is 0. The molecule has 102 valence electrons. The van der Waals surface area contributed by atoms with Crippen molar-refractivity contribution in [2.24, 2.45) is 0 Å². The maximum atomic E-state index is 4.61. The normalized spacial score (nSPS) is 11.2. The molecule has 0 N–H and O–H groups in total. The van der Waals surface area contributed by atoms with Gasteiger partial charge < -0.3 is 4.40 Å². The van der Waals surface area contributed by atoms with Crippen LogP contribution in [0.3, 0.4) is 0 Å². The average molecular weight is 292 g/mol. The van der Waals surface area contributed by atoms with Gasteiger partial charge in [-0.25, -0.2) is 15.0 Å². The largest absolute Gasteiger partial charge is 0.307 e.